The van der Waals surface area contributed by atoms with Crippen LogP contribution in [0.2, 0.25) is 0 Å². The Labute approximate surface area is 229 Å². The van der Waals surface area contributed by atoms with Crippen LogP contribution in [0.3, 0.4) is 0 Å². The fourth-order valence-electron chi connectivity index (χ4n) is 5.11. The zero-order valence-corrected chi connectivity index (χ0v) is 22.9. The number of morpholine rings is 1. The van der Waals surface area contributed by atoms with E-state index in [1.807, 2.05) is 13.8 Å². The second-order valence-corrected chi connectivity index (χ2v) is 12.9. The van der Waals surface area contributed by atoms with Gasteiger partial charge in [0.1, 0.15) is 0 Å². The normalized spacial score (nSPS) is 20.7. The second kappa shape index (κ2) is 9.99. The van der Waals surface area contributed by atoms with Gasteiger partial charge in [0.25, 0.3) is 0 Å². The zero-order chi connectivity index (χ0) is 28.2. The summed E-state index contributed by atoms with van der Waals surface area (Å²) in [5.74, 6) is 4.74. The molecule has 0 radical (unpaired) electrons. The lowest BCUT2D eigenvalue weighted by molar-refractivity contribution is -0.140. The molecule has 2 saturated heterocycles. The molecule has 6 rings (SSSR count). The van der Waals surface area contributed by atoms with Crippen molar-refractivity contribution in [1.82, 2.24) is 33.8 Å². The second-order valence-electron chi connectivity index (χ2n) is 10.5. The lowest BCUT2D eigenvalue weighted by Gasteiger charge is -2.35. The number of rotatable bonds is 6. The maximum Gasteiger partial charge on any atom is 0.434 e. The third-order valence-electron chi connectivity index (χ3n) is 7.39. The molecule has 1 unspecified atom stereocenters. The number of anilines is 3. The van der Waals surface area contributed by atoms with Gasteiger partial charge in [0, 0.05) is 68.0 Å². The van der Waals surface area contributed by atoms with E-state index in [2.05, 4.69) is 30.7 Å². The van der Waals surface area contributed by atoms with Crippen molar-refractivity contribution in [2.45, 2.75) is 25.6 Å². The third kappa shape index (κ3) is 5.26. The number of hydrogen-bond acceptors (Lipinski definition) is 10. The number of imidazole rings is 1. The van der Waals surface area contributed by atoms with Gasteiger partial charge >= 0.3 is 6.18 Å². The maximum atomic E-state index is 14.0. The standard InChI is InChI=1S/C24H31F3N10O2S/c1-40(2,38)36-7-5-35(6-8-36)23-30-17-20(34-9-11-39-12-10-34)32-19(33-21(17)37(23)14-15-3-4-15)16-13-29-22(28)31-18(16)24(25,26)27/h13,15H,1,3-12,14H2,2H3,(H2,28,29,31). The SMILES string of the molecule is C=S(C)(=O)N1CCN(c2nc3c(N4CCOCC4)nc(-c4cnc(N)nc4C(F)(F)F)nc3n2CC2CC2)CC1. The first-order valence-corrected chi connectivity index (χ1v) is 15.2. The minimum Gasteiger partial charge on any atom is -0.378 e. The largest absolute Gasteiger partial charge is 0.434 e. The van der Waals surface area contributed by atoms with Crippen LogP contribution < -0.4 is 15.5 Å². The number of ether oxygens (including phenoxy) is 1. The molecule has 40 heavy (non-hydrogen) atoms. The Bertz CT molecular complexity index is 1530. The monoisotopic (exact) mass is 580 g/mol. The molecule has 1 atom stereocenters. The highest BCUT2D eigenvalue weighted by Crippen LogP contribution is 2.39. The molecule has 1 saturated carbocycles. The average molecular weight is 581 g/mol. The van der Waals surface area contributed by atoms with E-state index in [1.54, 1.807) is 6.26 Å². The van der Waals surface area contributed by atoms with Crippen molar-refractivity contribution in [2.24, 2.45) is 5.92 Å². The Kier molecular flexibility index (Phi) is 6.73. The highest BCUT2D eigenvalue weighted by Gasteiger charge is 2.38. The van der Waals surface area contributed by atoms with Crippen LogP contribution in [-0.4, -0.2) is 103 Å². The lowest BCUT2D eigenvalue weighted by atomic mass is 10.2. The van der Waals surface area contributed by atoms with Crippen LogP contribution in [0.25, 0.3) is 22.6 Å². The number of fused-ring (bicyclic) bond motifs is 1. The Morgan fingerprint density at radius 3 is 2.38 bits per heavy atom. The van der Waals surface area contributed by atoms with Crippen molar-refractivity contribution < 1.29 is 22.1 Å². The molecule has 0 aromatic carbocycles. The fraction of sp³-hybridized carbons (Fsp3) is 0.583. The molecule has 3 aromatic heterocycles. The summed E-state index contributed by atoms with van der Waals surface area (Å²) in [6.45, 7) is 4.82. The maximum absolute atomic E-state index is 14.0. The van der Waals surface area contributed by atoms with E-state index >= 15 is 0 Å². The highest BCUT2D eigenvalue weighted by atomic mass is 32.2. The van der Waals surface area contributed by atoms with Crippen LogP contribution in [0, 0.1) is 5.92 Å². The first kappa shape index (κ1) is 27.0. The molecule has 2 aliphatic heterocycles. The topological polar surface area (TPSA) is 131 Å². The van der Waals surface area contributed by atoms with Crippen LogP contribution >= 0.6 is 0 Å². The molecule has 2 N–H and O–H groups in total. The number of piperazine rings is 1. The van der Waals surface area contributed by atoms with Gasteiger partial charge in [-0.2, -0.15) is 13.2 Å². The molecule has 16 heteroatoms. The van der Waals surface area contributed by atoms with Gasteiger partial charge in [-0.3, -0.25) is 8.78 Å². The van der Waals surface area contributed by atoms with Gasteiger partial charge in [0.2, 0.25) is 11.9 Å². The number of nitrogens with zero attached hydrogens (tertiary/aromatic N) is 9. The summed E-state index contributed by atoms with van der Waals surface area (Å²) in [6, 6.07) is 0. The quantitative estimate of drug-likeness (QED) is 0.428. The summed E-state index contributed by atoms with van der Waals surface area (Å²) >= 11 is 0. The minimum atomic E-state index is -4.78. The molecule has 3 aliphatic rings. The Hall–Kier alpha value is -3.24. The lowest BCUT2D eigenvalue weighted by Crippen LogP contribution is -2.49. The summed E-state index contributed by atoms with van der Waals surface area (Å²) in [5, 5.41) is 0. The third-order valence-corrected chi connectivity index (χ3v) is 8.85. The van der Waals surface area contributed by atoms with Crippen LogP contribution in [-0.2, 0) is 27.2 Å². The predicted octanol–water partition coefficient (Wildman–Crippen LogP) is 1.51. The van der Waals surface area contributed by atoms with E-state index < -0.39 is 27.5 Å². The van der Waals surface area contributed by atoms with Gasteiger partial charge in [-0.25, -0.2) is 29.2 Å². The van der Waals surface area contributed by atoms with Crippen molar-refractivity contribution >= 4 is 44.5 Å². The summed E-state index contributed by atoms with van der Waals surface area (Å²) < 4.78 is 64.0. The number of aromatic nitrogens is 6. The molecule has 12 nitrogen and oxygen atoms in total. The molecule has 5 heterocycles. The van der Waals surface area contributed by atoms with Gasteiger partial charge in [0.05, 0.1) is 18.8 Å². The molecule has 1 aliphatic carbocycles. The van der Waals surface area contributed by atoms with Crippen LogP contribution in [0.1, 0.15) is 18.5 Å². The molecule has 0 amide bonds. The van der Waals surface area contributed by atoms with Gasteiger partial charge in [0.15, 0.2) is 28.5 Å². The van der Waals surface area contributed by atoms with E-state index in [0.29, 0.717) is 87.9 Å². The first-order chi connectivity index (χ1) is 19.0. The van der Waals surface area contributed by atoms with Crippen LogP contribution in [0.4, 0.5) is 30.9 Å². The Morgan fingerprint density at radius 2 is 1.75 bits per heavy atom. The molecular weight excluding hydrogens is 549 g/mol. The van der Waals surface area contributed by atoms with Crippen LogP contribution in [0.15, 0.2) is 6.20 Å². The summed E-state index contributed by atoms with van der Waals surface area (Å²) in [4.78, 5) is 25.7. The van der Waals surface area contributed by atoms with Gasteiger partial charge in [-0.1, -0.05) is 0 Å². The molecule has 3 aromatic rings. The number of nitrogen functional groups attached to an aromatic ring is 1. The van der Waals surface area contributed by atoms with E-state index in [1.165, 1.54) is 0 Å². The average Bonchev–Trinajstić information content (AvgIpc) is 3.67. The van der Waals surface area contributed by atoms with Gasteiger partial charge in [-0.05, 0) is 24.6 Å². The van der Waals surface area contributed by atoms with E-state index in [-0.39, 0.29) is 11.4 Å². The van der Waals surface area contributed by atoms with Crippen molar-refractivity contribution in [1.29, 1.82) is 0 Å². The summed E-state index contributed by atoms with van der Waals surface area (Å²) in [6.07, 6.45) is -0.00465. The molecule has 216 valence electrons. The van der Waals surface area contributed by atoms with Crippen LogP contribution in [0.5, 0.6) is 0 Å². The molecule has 0 spiro atoms. The first-order valence-electron chi connectivity index (χ1n) is 13.1. The van der Waals surface area contributed by atoms with Crippen molar-refractivity contribution in [3.63, 3.8) is 0 Å². The number of halogens is 3. The van der Waals surface area contributed by atoms with Crippen molar-refractivity contribution in [3.8, 4) is 11.4 Å². The molecule has 3 fully saturated rings. The summed E-state index contributed by atoms with van der Waals surface area (Å²) in [5.41, 5.74) is 4.96. The van der Waals surface area contributed by atoms with Crippen molar-refractivity contribution in [3.05, 3.63) is 11.9 Å². The fourth-order valence-corrected chi connectivity index (χ4v) is 6.04. The van der Waals surface area contributed by atoms with Crippen molar-refractivity contribution in [2.75, 3.05) is 74.3 Å². The Morgan fingerprint density at radius 1 is 1.05 bits per heavy atom. The van der Waals surface area contributed by atoms with E-state index in [9.17, 15) is 17.4 Å². The summed E-state index contributed by atoms with van der Waals surface area (Å²) in [7, 11) is -2.33. The minimum absolute atomic E-state index is 0.141. The number of alkyl halides is 3. The van der Waals surface area contributed by atoms with E-state index in [0.717, 1.165) is 19.0 Å². The zero-order valence-electron chi connectivity index (χ0n) is 22.1. The molecular formula is C24H31F3N10O2S. The molecule has 0 bridgehead atoms. The number of hydrogen-bond donors (Lipinski definition) is 1. The van der Waals surface area contributed by atoms with Gasteiger partial charge < -0.3 is 20.3 Å². The highest BCUT2D eigenvalue weighted by molar-refractivity contribution is 7.97. The number of nitrogens with two attached hydrogens (primary N) is 1. The predicted molar refractivity (Wildman–Crippen MR) is 146 cm³/mol. The van der Waals surface area contributed by atoms with E-state index in [4.69, 9.17) is 15.5 Å². The smallest absolute Gasteiger partial charge is 0.378 e. The van der Waals surface area contributed by atoms with Gasteiger partial charge in [-0.15, -0.1) is 0 Å². The Balaban J connectivity index is 1.52.